The van der Waals surface area contributed by atoms with Gasteiger partial charge in [0.05, 0.1) is 26.4 Å². The van der Waals surface area contributed by atoms with Gasteiger partial charge in [0, 0.05) is 25.7 Å². The van der Waals surface area contributed by atoms with E-state index in [0.717, 1.165) is 114 Å². The van der Waals surface area contributed by atoms with Crippen molar-refractivity contribution in [2.24, 2.45) is 23.7 Å². The van der Waals surface area contributed by atoms with E-state index in [2.05, 4.69) is 55.4 Å². The Morgan fingerprint density at radius 1 is 0.286 bits per heavy atom. The zero-order valence-corrected chi connectivity index (χ0v) is 66.2. The van der Waals surface area contributed by atoms with Crippen molar-refractivity contribution in [1.29, 1.82) is 0 Å². The van der Waals surface area contributed by atoms with Crippen LogP contribution in [0.5, 0.6) is 0 Å². The van der Waals surface area contributed by atoms with Crippen LogP contribution in [0.3, 0.4) is 0 Å². The fourth-order valence-electron chi connectivity index (χ4n) is 12.0. The van der Waals surface area contributed by atoms with Gasteiger partial charge in [0.15, 0.2) is 12.2 Å². The van der Waals surface area contributed by atoms with E-state index in [1.165, 1.54) is 199 Å². The van der Waals surface area contributed by atoms with Crippen LogP contribution in [0.2, 0.25) is 0 Å². The molecule has 0 aromatic heterocycles. The summed E-state index contributed by atoms with van der Waals surface area (Å²) >= 11 is 0. The van der Waals surface area contributed by atoms with Crippen LogP contribution in [-0.4, -0.2) is 96.7 Å². The van der Waals surface area contributed by atoms with Crippen LogP contribution in [0.25, 0.3) is 0 Å². The topological polar surface area (TPSA) is 237 Å². The van der Waals surface area contributed by atoms with Gasteiger partial charge in [0.1, 0.15) is 19.3 Å². The van der Waals surface area contributed by atoms with Gasteiger partial charge in [0.2, 0.25) is 0 Å². The number of rotatable bonds is 76. The molecule has 0 saturated carbocycles. The number of esters is 4. The average Bonchev–Trinajstić information content (AvgIpc) is 0.954. The van der Waals surface area contributed by atoms with E-state index in [1.807, 2.05) is 0 Å². The second kappa shape index (κ2) is 68.2. The first kappa shape index (κ1) is 96.1. The molecule has 0 rings (SSSR count). The van der Waals surface area contributed by atoms with E-state index in [9.17, 15) is 43.2 Å². The maximum Gasteiger partial charge on any atom is 0.472 e. The molecule has 0 amide bonds. The van der Waals surface area contributed by atoms with Crippen LogP contribution >= 0.6 is 15.6 Å². The fraction of sp³-hybridized carbons (Fsp3) is 0.949. The predicted molar refractivity (Wildman–Crippen MR) is 400 cm³/mol. The highest BCUT2D eigenvalue weighted by molar-refractivity contribution is 7.47. The Kier molecular flexibility index (Phi) is 66.8. The Morgan fingerprint density at radius 3 is 0.724 bits per heavy atom. The Morgan fingerprint density at radius 2 is 0.490 bits per heavy atom. The molecule has 19 heteroatoms. The van der Waals surface area contributed by atoms with Crippen molar-refractivity contribution in [2.45, 2.75) is 420 Å². The molecule has 6 atom stereocenters. The number of phosphoric acid groups is 2. The maximum absolute atomic E-state index is 13.1. The van der Waals surface area contributed by atoms with Gasteiger partial charge in [-0.1, -0.05) is 351 Å². The third-order valence-electron chi connectivity index (χ3n) is 18.7. The van der Waals surface area contributed by atoms with E-state index < -0.39 is 97.5 Å². The van der Waals surface area contributed by atoms with E-state index in [4.69, 9.17) is 37.0 Å². The summed E-state index contributed by atoms with van der Waals surface area (Å²) in [6.07, 6.45) is 54.2. The highest BCUT2D eigenvalue weighted by Gasteiger charge is 2.30. The van der Waals surface area contributed by atoms with Gasteiger partial charge in [-0.05, 0) is 49.4 Å². The van der Waals surface area contributed by atoms with Crippen LogP contribution in [0, 0.1) is 23.7 Å². The minimum Gasteiger partial charge on any atom is -0.462 e. The van der Waals surface area contributed by atoms with Crippen molar-refractivity contribution >= 4 is 39.5 Å². The molecule has 0 heterocycles. The largest absolute Gasteiger partial charge is 0.472 e. The second-order valence-electron chi connectivity index (χ2n) is 30.1. The Balaban J connectivity index is 5.21. The normalized spacial score (nSPS) is 14.3. The third-order valence-corrected chi connectivity index (χ3v) is 20.6. The van der Waals surface area contributed by atoms with E-state index in [-0.39, 0.29) is 25.7 Å². The molecule has 0 aromatic rings. The molecular formula is C79H154O17P2. The van der Waals surface area contributed by atoms with Crippen molar-refractivity contribution in [3.63, 3.8) is 0 Å². The quantitative estimate of drug-likeness (QED) is 0.0222. The lowest BCUT2D eigenvalue weighted by Gasteiger charge is -2.21. The summed E-state index contributed by atoms with van der Waals surface area (Å²) in [5, 5.41) is 10.6. The highest BCUT2D eigenvalue weighted by atomic mass is 31.2. The second-order valence-corrected chi connectivity index (χ2v) is 33.0. The molecule has 0 aromatic carbocycles. The van der Waals surface area contributed by atoms with Crippen LogP contribution in [0.1, 0.15) is 402 Å². The molecule has 0 fully saturated rings. The number of phosphoric ester groups is 2. The number of ether oxygens (including phenoxy) is 4. The lowest BCUT2D eigenvalue weighted by atomic mass is 9.99. The van der Waals surface area contributed by atoms with E-state index >= 15 is 0 Å². The molecular weight excluding hydrogens is 1280 g/mol. The van der Waals surface area contributed by atoms with Crippen molar-refractivity contribution in [1.82, 2.24) is 0 Å². The molecule has 17 nitrogen and oxygen atoms in total. The number of carbonyl (C=O) groups is 4. The number of carbonyl (C=O) groups excluding carboxylic acids is 4. The smallest absolute Gasteiger partial charge is 0.462 e. The first-order chi connectivity index (χ1) is 47.1. The molecule has 0 spiro atoms. The summed E-state index contributed by atoms with van der Waals surface area (Å²) < 4.78 is 68.6. The van der Waals surface area contributed by atoms with Gasteiger partial charge < -0.3 is 33.8 Å². The first-order valence-corrected chi connectivity index (χ1v) is 43.7. The average molecular weight is 1440 g/mol. The van der Waals surface area contributed by atoms with Gasteiger partial charge in [-0.25, -0.2) is 9.13 Å². The van der Waals surface area contributed by atoms with Gasteiger partial charge in [-0.2, -0.15) is 0 Å². The van der Waals surface area contributed by atoms with Crippen LogP contribution < -0.4 is 0 Å². The summed E-state index contributed by atoms with van der Waals surface area (Å²) in [6.45, 7) is 14.2. The summed E-state index contributed by atoms with van der Waals surface area (Å²) in [7, 11) is -9.92. The van der Waals surface area contributed by atoms with Crippen molar-refractivity contribution in [2.75, 3.05) is 39.6 Å². The molecule has 0 aliphatic rings. The van der Waals surface area contributed by atoms with Gasteiger partial charge in [-0.3, -0.25) is 37.3 Å². The van der Waals surface area contributed by atoms with Crippen molar-refractivity contribution in [3.05, 3.63) is 0 Å². The maximum atomic E-state index is 13.1. The first-order valence-electron chi connectivity index (χ1n) is 40.7. The summed E-state index contributed by atoms with van der Waals surface area (Å²) in [6, 6.07) is 0. The molecule has 0 saturated heterocycles. The molecule has 98 heavy (non-hydrogen) atoms. The highest BCUT2D eigenvalue weighted by Crippen LogP contribution is 2.45. The minimum absolute atomic E-state index is 0.105. The molecule has 0 bridgehead atoms. The lowest BCUT2D eigenvalue weighted by molar-refractivity contribution is -0.161. The van der Waals surface area contributed by atoms with Crippen LogP contribution in [0.15, 0.2) is 0 Å². The van der Waals surface area contributed by atoms with Crippen LogP contribution in [-0.2, 0) is 65.4 Å². The number of hydrogen-bond acceptors (Lipinski definition) is 15. The molecule has 582 valence electrons. The third kappa shape index (κ3) is 71.1. The van der Waals surface area contributed by atoms with Crippen LogP contribution in [0.4, 0.5) is 0 Å². The summed E-state index contributed by atoms with van der Waals surface area (Å²) in [5.41, 5.74) is 0. The SMILES string of the molecule is CCC(C)CCCCCCCCCCC(=O)O[C@H](COC(=O)CCCCCCCCCCCCCCCCC(C)C)COP(=O)(O)OCC(O)COP(=O)(O)OC[C@@H](COC(=O)CCCCCCCCCC(C)C)OC(=O)CCCCCCCCCCCCCCCCCCC(C)C. The predicted octanol–water partition coefficient (Wildman–Crippen LogP) is 23.2. The number of hydrogen-bond donors (Lipinski definition) is 3. The van der Waals surface area contributed by atoms with Gasteiger partial charge >= 0.3 is 39.5 Å². The number of aliphatic hydroxyl groups is 1. The molecule has 0 radical (unpaired) electrons. The Bertz CT molecular complexity index is 1920. The zero-order chi connectivity index (χ0) is 72.4. The lowest BCUT2D eigenvalue weighted by Crippen LogP contribution is -2.30. The minimum atomic E-state index is -4.96. The molecule has 4 unspecified atom stereocenters. The fourth-order valence-corrected chi connectivity index (χ4v) is 13.6. The monoisotopic (exact) mass is 1440 g/mol. The zero-order valence-electron chi connectivity index (χ0n) is 64.4. The van der Waals surface area contributed by atoms with Gasteiger partial charge in [-0.15, -0.1) is 0 Å². The number of aliphatic hydroxyl groups excluding tert-OH is 1. The van der Waals surface area contributed by atoms with Crippen molar-refractivity contribution in [3.8, 4) is 0 Å². The van der Waals surface area contributed by atoms with E-state index in [0.29, 0.717) is 31.6 Å². The molecule has 0 aliphatic carbocycles. The standard InChI is InChI=1S/C79H154O17P2/c1-9-72(8)58-50-42-34-28-29-37-46-54-62-79(84)96-74(65-89-76(81)59-51-43-35-26-22-18-15-14-17-21-25-32-40-48-56-70(4)5)67-93-97(85,86)91-63-73(80)64-92-98(87,88)94-68-75(66-90-77(82)60-52-44-38-30-33-41-49-57-71(6)7)95-78(83)61-53-45-36-27-23-19-13-11-10-12-16-20-24-31-39-47-55-69(2)3/h69-75,80H,9-68H2,1-8H3,(H,85,86)(H,87,88)/t72?,73?,74-,75-/m1/s1. The summed E-state index contributed by atoms with van der Waals surface area (Å²) in [5.74, 6) is 0.964. The Labute approximate surface area is 600 Å². The Hall–Kier alpha value is -1.94. The van der Waals surface area contributed by atoms with E-state index in [1.54, 1.807) is 0 Å². The van der Waals surface area contributed by atoms with Gasteiger partial charge in [0.25, 0.3) is 0 Å². The van der Waals surface area contributed by atoms with Crippen molar-refractivity contribution < 1.29 is 80.2 Å². The molecule has 3 N–H and O–H groups in total. The molecule has 0 aliphatic heterocycles. The summed E-state index contributed by atoms with van der Waals surface area (Å²) in [4.78, 5) is 72.9. The number of unbranched alkanes of at least 4 members (excludes halogenated alkanes) is 41.